The molecule has 2 aromatic carbocycles. The van der Waals surface area contributed by atoms with Gasteiger partial charge in [0.15, 0.2) is 20.7 Å². The van der Waals surface area contributed by atoms with Gasteiger partial charge < -0.3 is 5.32 Å². The van der Waals surface area contributed by atoms with E-state index in [0.29, 0.717) is 23.0 Å². The molecule has 3 rings (SSSR count). The third kappa shape index (κ3) is 4.06. The van der Waals surface area contributed by atoms with Crippen molar-refractivity contribution in [3.05, 3.63) is 57.8 Å². The molecule has 0 spiro atoms. The molecule has 3 aromatic rings. The number of aromatic nitrogens is 2. The second kappa shape index (κ2) is 7.34. The molecule has 0 aliphatic heterocycles. The third-order valence-electron chi connectivity index (χ3n) is 3.67. The molecule has 26 heavy (non-hydrogen) atoms. The average Bonchev–Trinajstić information content (AvgIpc) is 2.56. The molecule has 0 radical (unpaired) electrons. The first-order chi connectivity index (χ1) is 12.3. The average molecular weight is 414 g/mol. The van der Waals surface area contributed by atoms with Crippen molar-refractivity contribution in [3.63, 3.8) is 0 Å². The minimum atomic E-state index is -3.64. The van der Waals surface area contributed by atoms with Crippen molar-refractivity contribution in [1.82, 2.24) is 9.97 Å². The highest BCUT2D eigenvalue weighted by molar-refractivity contribution is 7.90. The monoisotopic (exact) mass is 413 g/mol. The van der Waals surface area contributed by atoms with Gasteiger partial charge in [0, 0.05) is 12.8 Å². The van der Waals surface area contributed by atoms with Crippen LogP contribution in [-0.2, 0) is 16.3 Å². The molecule has 1 N–H and O–H groups in total. The summed E-state index contributed by atoms with van der Waals surface area (Å²) < 4.78 is 37.8. The Morgan fingerprint density at radius 1 is 1.08 bits per heavy atom. The van der Waals surface area contributed by atoms with Gasteiger partial charge in [0.25, 0.3) is 0 Å². The van der Waals surface area contributed by atoms with Crippen LogP contribution < -0.4 is 5.32 Å². The van der Waals surface area contributed by atoms with Crippen molar-refractivity contribution in [1.29, 1.82) is 0 Å². The van der Waals surface area contributed by atoms with Crippen LogP contribution in [0.25, 0.3) is 11.0 Å². The Bertz CT molecular complexity index is 1090. The molecule has 0 aliphatic carbocycles. The number of hydrogen-bond donors (Lipinski definition) is 1. The summed E-state index contributed by atoms with van der Waals surface area (Å²) >= 11 is 12.0. The van der Waals surface area contributed by atoms with Crippen LogP contribution in [0.1, 0.15) is 5.56 Å². The van der Waals surface area contributed by atoms with Crippen molar-refractivity contribution >= 4 is 49.9 Å². The zero-order chi connectivity index (χ0) is 18.9. The van der Waals surface area contributed by atoms with Gasteiger partial charge in [0.2, 0.25) is 0 Å². The highest BCUT2D eigenvalue weighted by atomic mass is 35.5. The molecular formula is C17H14Cl2FN3O2S. The van der Waals surface area contributed by atoms with Crippen LogP contribution in [0.15, 0.2) is 41.4 Å². The summed E-state index contributed by atoms with van der Waals surface area (Å²) in [7, 11) is -3.64. The predicted octanol–water partition coefficient (Wildman–Crippen LogP) is 4.13. The van der Waals surface area contributed by atoms with Gasteiger partial charge in [-0.2, -0.15) is 0 Å². The standard InChI is InChI=1S/C17H14Cl2FN3O2S/c1-26(24,25)17-16(21-7-6-10-4-2-3-5-13(10)20)22-14-8-11(18)12(19)9-15(14)23-17/h2-5,8-9H,6-7H2,1H3,(H,21,22). The lowest BCUT2D eigenvalue weighted by molar-refractivity contribution is 0.598. The van der Waals surface area contributed by atoms with Crippen LogP contribution in [0.5, 0.6) is 0 Å². The predicted molar refractivity (Wildman–Crippen MR) is 101 cm³/mol. The van der Waals surface area contributed by atoms with E-state index < -0.39 is 9.84 Å². The Labute approximate surface area is 160 Å². The van der Waals surface area contributed by atoms with Crippen LogP contribution in [-0.4, -0.2) is 31.2 Å². The fourth-order valence-corrected chi connectivity index (χ4v) is 3.47. The lowest BCUT2D eigenvalue weighted by atomic mass is 10.1. The Hall–Kier alpha value is -1.96. The van der Waals surface area contributed by atoms with E-state index in [0.717, 1.165) is 6.26 Å². The van der Waals surface area contributed by atoms with E-state index in [1.807, 2.05) is 0 Å². The number of sulfone groups is 1. The highest BCUT2D eigenvalue weighted by Gasteiger charge is 2.19. The summed E-state index contributed by atoms with van der Waals surface area (Å²) in [6.07, 6.45) is 1.40. The lowest BCUT2D eigenvalue weighted by Crippen LogP contribution is -2.13. The number of benzene rings is 2. The Morgan fingerprint density at radius 2 is 1.69 bits per heavy atom. The molecule has 136 valence electrons. The number of nitrogens with one attached hydrogen (secondary N) is 1. The number of fused-ring (bicyclic) bond motifs is 1. The van der Waals surface area contributed by atoms with Gasteiger partial charge in [-0.3, -0.25) is 0 Å². The van der Waals surface area contributed by atoms with E-state index in [4.69, 9.17) is 23.2 Å². The summed E-state index contributed by atoms with van der Waals surface area (Å²) in [6.45, 7) is 0.283. The molecule has 1 heterocycles. The first-order valence-corrected chi connectivity index (χ1v) is 10.2. The fourth-order valence-electron chi connectivity index (χ4n) is 2.43. The minimum absolute atomic E-state index is 0.0923. The number of hydrogen-bond acceptors (Lipinski definition) is 5. The van der Waals surface area contributed by atoms with Crippen LogP contribution in [0.4, 0.5) is 10.2 Å². The van der Waals surface area contributed by atoms with Crippen LogP contribution >= 0.6 is 23.2 Å². The van der Waals surface area contributed by atoms with E-state index in [9.17, 15) is 12.8 Å². The van der Waals surface area contributed by atoms with Crippen LogP contribution in [0.3, 0.4) is 0 Å². The van der Waals surface area contributed by atoms with Gasteiger partial charge in [-0.1, -0.05) is 41.4 Å². The van der Waals surface area contributed by atoms with Crippen molar-refractivity contribution in [2.24, 2.45) is 0 Å². The summed E-state index contributed by atoms with van der Waals surface area (Å²) in [6, 6.07) is 9.37. The van der Waals surface area contributed by atoms with Gasteiger partial charge >= 0.3 is 0 Å². The molecule has 0 unspecified atom stereocenters. The highest BCUT2D eigenvalue weighted by Crippen LogP contribution is 2.28. The zero-order valence-corrected chi connectivity index (χ0v) is 16.0. The maximum atomic E-state index is 13.7. The molecule has 0 fully saturated rings. The molecule has 9 heteroatoms. The van der Waals surface area contributed by atoms with Crippen LogP contribution in [0.2, 0.25) is 10.0 Å². The molecule has 0 saturated heterocycles. The van der Waals surface area contributed by atoms with E-state index >= 15 is 0 Å². The van der Waals surface area contributed by atoms with Crippen molar-refractivity contribution in [2.45, 2.75) is 11.4 Å². The van der Waals surface area contributed by atoms with Gasteiger partial charge in [-0.25, -0.2) is 22.8 Å². The first-order valence-electron chi connectivity index (χ1n) is 7.60. The SMILES string of the molecule is CS(=O)(=O)c1nc2cc(Cl)c(Cl)cc2nc1NCCc1ccccc1F. The largest absolute Gasteiger partial charge is 0.367 e. The van der Waals surface area contributed by atoms with Gasteiger partial charge in [0.1, 0.15) is 5.82 Å². The summed E-state index contributed by atoms with van der Waals surface area (Å²) in [5, 5.41) is 3.28. The topological polar surface area (TPSA) is 72.0 Å². The fraction of sp³-hybridized carbons (Fsp3) is 0.176. The molecule has 1 aromatic heterocycles. The molecular weight excluding hydrogens is 400 g/mol. The summed E-state index contributed by atoms with van der Waals surface area (Å²) in [5.74, 6) is -0.224. The zero-order valence-electron chi connectivity index (χ0n) is 13.6. The normalized spacial score (nSPS) is 11.7. The maximum Gasteiger partial charge on any atom is 0.198 e. The molecule has 0 aliphatic rings. The Morgan fingerprint density at radius 3 is 2.31 bits per heavy atom. The van der Waals surface area contributed by atoms with Crippen molar-refractivity contribution in [2.75, 3.05) is 18.1 Å². The first kappa shape index (κ1) is 18.8. The lowest BCUT2D eigenvalue weighted by Gasteiger charge is -2.11. The Balaban J connectivity index is 1.95. The van der Waals surface area contributed by atoms with Crippen LogP contribution in [0, 0.1) is 5.82 Å². The van der Waals surface area contributed by atoms with Crippen molar-refractivity contribution < 1.29 is 12.8 Å². The third-order valence-corrected chi connectivity index (χ3v) is 5.38. The second-order valence-electron chi connectivity index (χ2n) is 5.67. The summed E-state index contributed by atoms with van der Waals surface area (Å²) in [5.41, 5.74) is 1.24. The van der Waals surface area contributed by atoms with Gasteiger partial charge in [0.05, 0.1) is 21.1 Å². The number of halogens is 3. The smallest absolute Gasteiger partial charge is 0.198 e. The van der Waals surface area contributed by atoms with E-state index in [1.54, 1.807) is 18.2 Å². The summed E-state index contributed by atoms with van der Waals surface area (Å²) in [4.78, 5) is 8.47. The Kier molecular flexibility index (Phi) is 5.32. The minimum Gasteiger partial charge on any atom is -0.367 e. The van der Waals surface area contributed by atoms with Crippen molar-refractivity contribution in [3.8, 4) is 0 Å². The van der Waals surface area contributed by atoms with E-state index in [-0.39, 0.29) is 33.3 Å². The van der Waals surface area contributed by atoms with Gasteiger partial charge in [-0.05, 0) is 30.2 Å². The van der Waals surface area contributed by atoms with Gasteiger partial charge in [-0.15, -0.1) is 0 Å². The van der Waals surface area contributed by atoms with E-state index in [2.05, 4.69) is 15.3 Å². The number of anilines is 1. The molecule has 0 amide bonds. The maximum absolute atomic E-state index is 13.7. The quantitative estimate of drug-likeness (QED) is 0.680. The molecule has 0 atom stereocenters. The second-order valence-corrected chi connectivity index (χ2v) is 8.42. The molecule has 5 nitrogen and oxygen atoms in total. The number of rotatable bonds is 5. The molecule has 0 bridgehead atoms. The molecule has 0 saturated carbocycles. The van der Waals surface area contributed by atoms with E-state index in [1.165, 1.54) is 18.2 Å². The number of nitrogens with zero attached hydrogens (tertiary/aromatic N) is 2.